The first-order valence-electron chi connectivity index (χ1n) is 6.42. The third-order valence-corrected chi connectivity index (χ3v) is 3.94. The maximum Gasteiger partial charge on any atom is 0.447 e. The minimum Gasteiger partial charge on any atom is -0.459 e. The number of alkyl halides is 3. The summed E-state index contributed by atoms with van der Waals surface area (Å²) >= 11 is 5.84. The van der Waals surface area contributed by atoms with Gasteiger partial charge in [-0.25, -0.2) is 0 Å². The third-order valence-electron chi connectivity index (χ3n) is 3.71. The molecule has 6 heteroatoms. The molecule has 2 heterocycles. The highest BCUT2D eigenvalue weighted by molar-refractivity contribution is 6.30. The molecule has 3 rings (SSSR count). The molecule has 0 N–H and O–H groups in total. The van der Waals surface area contributed by atoms with Gasteiger partial charge in [0.2, 0.25) is 0 Å². The summed E-state index contributed by atoms with van der Waals surface area (Å²) in [6.45, 7) is 0.763. The molecule has 0 spiro atoms. The van der Waals surface area contributed by atoms with E-state index >= 15 is 0 Å². The van der Waals surface area contributed by atoms with E-state index in [4.69, 9.17) is 16.3 Å². The molecule has 0 amide bonds. The molecule has 1 atom stereocenters. The molecular weight excluding hydrogens is 291 g/mol. The summed E-state index contributed by atoms with van der Waals surface area (Å²) in [4.78, 5) is 1.35. The van der Waals surface area contributed by atoms with Gasteiger partial charge in [0.15, 0.2) is 0 Å². The lowest BCUT2D eigenvalue weighted by Crippen LogP contribution is -2.61. The van der Waals surface area contributed by atoms with E-state index in [-0.39, 0.29) is 5.75 Å². The van der Waals surface area contributed by atoms with Gasteiger partial charge in [0.1, 0.15) is 5.75 Å². The Morgan fingerprint density at radius 1 is 1.20 bits per heavy atom. The maximum absolute atomic E-state index is 13.6. The van der Waals surface area contributed by atoms with Crippen molar-refractivity contribution >= 4 is 17.7 Å². The normalized spacial score (nSPS) is 26.4. The first-order chi connectivity index (χ1) is 9.42. The van der Waals surface area contributed by atoms with Crippen molar-refractivity contribution in [3.05, 3.63) is 34.9 Å². The number of ether oxygens (including phenoxy) is 1. The highest BCUT2D eigenvalue weighted by Crippen LogP contribution is 2.44. The van der Waals surface area contributed by atoms with E-state index in [1.807, 2.05) is 0 Å². The van der Waals surface area contributed by atoms with Crippen molar-refractivity contribution < 1.29 is 17.9 Å². The van der Waals surface area contributed by atoms with Crippen LogP contribution in [0.25, 0.3) is 6.08 Å². The molecule has 108 valence electrons. The molecule has 2 aliphatic heterocycles. The molecule has 1 saturated heterocycles. The van der Waals surface area contributed by atoms with Gasteiger partial charge in [-0.1, -0.05) is 11.6 Å². The van der Waals surface area contributed by atoms with Crippen LogP contribution in [0.15, 0.2) is 24.3 Å². The lowest BCUT2D eigenvalue weighted by atomic mass is 10.0. The van der Waals surface area contributed by atoms with Gasteiger partial charge in [-0.2, -0.15) is 13.2 Å². The Labute approximate surface area is 119 Å². The van der Waals surface area contributed by atoms with Crippen molar-refractivity contribution in [2.75, 3.05) is 13.1 Å². The molecule has 2 aliphatic rings. The number of fused-ring (bicyclic) bond motifs is 1. The van der Waals surface area contributed by atoms with Crippen molar-refractivity contribution in [3.63, 3.8) is 0 Å². The van der Waals surface area contributed by atoms with Gasteiger partial charge in [0, 0.05) is 23.7 Å². The predicted octanol–water partition coefficient (Wildman–Crippen LogP) is 4.10. The van der Waals surface area contributed by atoms with Crippen molar-refractivity contribution in [1.29, 1.82) is 0 Å². The zero-order valence-corrected chi connectivity index (χ0v) is 11.3. The zero-order valence-electron chi connectivity index (χ0n) is 10.6. The fourth-order valence-corrected chi connectivity index (χ4v) is 2.88. The van der Waals surface area contributed by atoms with Crippen molar-refractivity contribution in [3.8, 4) is 5.75 Å². The summed E-state index contributed by atoms with van der Waals surface area (Å²) in [5.74, 6) is 0.209. The van der Waals surface area contributed by atoms with E-state index in [2.05, 4.69) is 0 Å². The van der Waals surface area contributed by atoms with E-state index < -0.39 is 11.9 Å². The molecule has 0 saturated carbocycles. The number of halogens is 4. The minimum atomic E-state index is -4.49. The fourth-order valence-electron chi connectivity index (χ4n) is 2.70. The molecule has 1 aromatic rings. The Morgan fingerprint density at radius 2 is 1.90 bits per heavy atom. The van der Waals surface area contributed by atoms with Gasteiger partial charge in [-0.05, 0) is 43.2 Å². The Balaban J connectivity index is 2.04. The SMILES string of the molecule is FC(F)(F)C1(N2CCCC2)C=Cc2cc(Cl)ccc2O1. The number of hydrogen-bond acceptors (Lipinski definition) is 2. The highest BCUT2D eigenvalue weighted by atomic mass is 35.5. The summed E-state index contributed by atoms with van der Waals surface area (Å²) in [5.41, 5.74) is -1.79. The minimum absolute atomic E-state index is 0.209. The molecule has 1 fully saturated rings. The number of hydrogen-bond donors (Lipinski definition) is 0. The van der Waals surface area contributed by atoms with Gasteiger partial charge in [-0.3, -0.25) is 4.90 Å². The Bertz CT molecular complexity index is 552. The van der Waals surface area contributed by atoms with E-state index in [0.717, 1.165) is 18.9 Å². The molecule has 0 bridgehead atoms. The van der Waals surface area contributed by atoms with Crippen molar-refractivity contribution in [1.82, 2.24) is 4.90 Å². The summed E-state index contributed by atoms with van der Waals surface area (Å²) in [5, 5.41) is 0.470. The van der Waals surface area contributed by atoms with Crippen LogP contribution in [0.3, 0.4) is 0 Å². The molecule has 0 radical (unpaired) electrons. The fraction of sp³-hybridized carbons (Fsp3) is 0.429. The monoisotopic (exact) mass is 303 g/mol. The number of nitrogens with zero attached hydrogens (tertiary/aromatic N) is 1. The van der Waals surface area contributed by atoms with Crippen LogP contribution in [0.5, 0.6) is 5.75 Å². The quantitative estimate of drug-likeness (QED) is 0.774. The molecular formula is C14H13ClF3NO. The summed E-state index contributed by atoms with van der Waals surface area (Å²) < 4.78 is 46.1. The van der Waals surface area contributed by atoms with Crippen LogP contribution in [0.4, 0.5) is 13.2 Å². The highest BCUT2D eigenvalue weighted by Gasteiger charge is 2.61. The lowest BCUT2D eigenvalue weighted by Gasteiger charge is -2.42. The number of likely N-dealkylation sites (tertiary alicyclic amines) is 1. The van der Waals surface area contributed by atoms with Crippen LogP contribution >= 0.6 is 11.6 Å². The van der Waals surface area contributed by atoms with Crippen LogP contribution in [-0.4, -0.2) is 29.9 Å². The van der Waals surface area contributed by atoms with Crippen LogP contribution in [-0.2, 0) is 0 Å². The number of benzene rings is 1. The van der Waals surface area contributed by atoms with Crippen LogP contribution in [0.2, 0.25) is 5.02 Å². The molecule has 0 aliphatic carbocycles. The predicted molar refractivity (Wildman–Crippen MR) is 70.7 cm³/mol. The molecule has 1 unspecified atom stereocenters. The first-order valence-corrected chi connectivity index (χ1v) is 6.80. The molecule has 2 nitrogen and oxygen atoms in total. The smallest absolute Gasteiger partial charge is 0.447 e. The van der Waals surface area contributed by atoms with Crippen molar-refractivity contribution in [2.24, 2.45) is 0 Å². The van der Waals surface area contributed by atoms with Gasteiger partial charge in [-0.15, -0.1) is 0 Å². The number of rotatable bonds is 1. The second-order valence-electron chi connectivity index (χ2n) is 5.01. The van der Waals surface area contributed by atoms with Gasteiger partial charge < -0.3 is 4.74 Å². The van der Waals surface area contributed by atoms with E-state index in [9.17, 15) is 13.2 Å². The average Bonchev–Trinajstić information content (AvgIpc) is 2.91. The van der Waals surface area contributed by atoms with Gasteiger partial charge in [0.25, 0.3) is 5.72 Å². The third kappa shape index (κ3) is 2.09. The Morgan fingerprint density at radius 3 is 2.55 bits per heavy atom. The summed E-state index contributed by atoms with van der Waals surface area (Å²) in [6.07, 6.45) is -0.455. The molecule has 1 aromatic carbocycles. The topological polar surface area (TPSA) is 12.5 Å². The molecule has 20 heavy (non-hydrogen) atoms. The van der Waals surface area contributed by atoms with Crippen LogP contribution < -0.4 is 4.74 Å². The van der Waals surface area contributed by atoms with E-state index in [1.165, 1.54) is 23.1 Å². The van der Waals surface area contributed by atoms with Crippen LogP contribution in [0.1, 0.15) is 18.4 Å². The standard InChI is InChI=1S/C14H13ClF3NO/c15-11-3-4-12-10(9-11)5-6-13(20-12,14(16,17)18)19-7-1-2-8-19/h3-6,9H,1-2,7-8H2. The summed E-state index contributed by atoms with van der Waals surface area (Å²) in [7, 11) is 0. The lowest BCUT2D eigenvalue weighted by molar-refractivity contribution is -0.278. The van der Waals surface area contributed by atoms with Gasteiger partial charge in [0.05, 0.1) is 0 Å². The average molecular weight is 304 g/mol. The zero-order chi connectivity index (χ0) is 14.4. The first kappa shape index (κ1) is 13.8. The maximum atomic E-state index is 13.6. The van der Waals surface area contributed by atoms with E-state index in [0.29, 0.717) is 23.7 Å². The Kier molecular flexibility index (Phi) is 3.21. The van der Waals surface area contributed by atoms with Gasteiger partial charge >= 0.3 is 6.18 Å². The largest absolute Gasteiger partial charge is 0.459 e. The Hall–Kier alpha value is -1.20. The second-order valence-corrected chi connectivity index (χ2v) is 5.44. The van der Waals surface area contributed by atoms with Crippen molar-refractivity contribution in [2.45, 2.75) is 24.7 Å². The second kappa shape index (κ2) is 4.67. The van der Waals surface area contributed by atoms with Crippen LogP contribution in [0, 0.1) is 0 Å². The van der Waals surface area contributed by atoms with E-state index in [1.54, 1.807) is 6.07 Å². The summed E-state index contributed by atoms with van der Waals surface area (Å²) in [6, 6.07) is 4.61. The molecule has 0 aromatic heterocycles.